The van der Waals surface area contributed by atoms with Gasteiger partial charge in [-0.3, -0.25) is 4.79 Å². The molecule has 82 valence electrons. The van der Waals surface area contributed by atoms with Gasteiger partial charge < -0.3 is 0 Å². The SMILES string of the molecule is CSC(SC)C(=O)CCc1ccccc1. The zero-order chi connectivity index (χ0) is 11.1. The molecule has 0 unspecified atom stereocenters. The molecule has 0 atom stereocenters. The zero-order valence-corrected chi connectivity index (χ0v) is 10.7. The molecule has 1 rings (SSSR count). The van der Waals surface area contributed by atoms with Crippen LogP contribution in [0.2, 0.25) is 0 Å². The van der Waals surface area contributed by atoms with Gasteiger partial charge >= 0.3 is 0 Å². The molecule has 0 aliphatic heterocycles. The molecular formula is C12H16OS2. The molecule has 0 spiro atoms. The standard InChI is InChI=1S/C12H16OS2/c1-14-12(15-2)11(13)9-8-10-6-4-3-5-7-10/h3-7,12H,8-9H2,1-2H3. The summed E-state index contributed by atoms with van der Waals surface area (Å²) in [5, 5.41) is 0. The first-order valence-electron chi connectivity index (χ1n) is 4.90. The van der Waals surface area contributed by atoms with Crippen LogP contribution >= 0.6 is 23.5 Å². The second-order valence-electron chi connectivity index (χ2n) is 3.26. The monoisotopic (exact) mass is 240 g/mol. The Labute approximate surface area is 100 Å². The fourth-order valence-corrected chi connectivity index (χ4v) is 2.92. The number of ketones is 1. The second-order valence-corrected chi connectivity index (χ2v) is 5.44. The molecule has 0 amide bonds. The van der Waals surface area contributed by atoms with Crippen LogP contribution < -0.4 is 0 Å². The maximum Gasteiger partial charge on any atom is 0.156 e. The van der Waals surface area contributed by atoms with Crippen molar-refractivity contribution in [1.29, 1.82) is 0 Å². The van der Waals surface area contributed by atoms with E-state index in [0.717, 1.165) is 6.42 Å². The van der Waals surface area contributed by atoms with Crippen molar-refractivity contribution in [3.63, 3.8) is 0 Å². The lowest BCUT2D eigenvalue weighted by Crippen LogP contribution is -2.13. The summed E-state index contributed by atoms with van der Waals surface area (Å²) in [6.45, 7) is 0. The highest BCUT2D eigenvalue weighted by atomic mass is 32.2. The minimum absolute atomic E-state index is 0.105. The maximum atomic E-state index is 11.7. The Morgan fingerprint density at radius 2 is 1.80 bits per heavy atom. The van der Waals surface area contributed by atoms with Crippen LogP contribution in [-0.4, -0.2) is 22.9 Å². The van der Waals surface area contributed by atoms with E-state index in [1.54, 1.807) is 23.5 Å². The molecule has 1 aromatic carbocycles. The topological polar surface area (TPSA) is 17.1 Å². The number of carbonyl (C=O) groups excluding carboxylic acids is 1. The Bertz CT molecular complexity index is 294. The molecular weight excluding hydrogens is 224 g/mol. The summed E-state index contributed by atoms with van der Waals surface area (Å²) in [5.41, 5.74) is 1.24. The molecule has 0 fully saturated rings. The molecule has 0 aliphatic rings. The van der Waals surface area contributed by atoms with Crippen LogP contribution in [-0.2, 0) is 11.2 Å². The number of carbonyl (C=O) groups is 1. The third-order valence-corrected chi connectivity index (χ3v) is 4.73. The fourth-order valence-electron chi connectivity index (χ4n) is 1.39. The predicted octanol–water partition coefficient (Wildman–Crippen LogP) is 3.24. The first-order valence-corrected chi connectivity index (χ1v) is 7.47. The normalized spacial score (nSPS) is 10.6. The van der Waals surface area contributed by atoms with E-state index in [0.29, 0.717) is 12.2 Å². The van der Waals surface area contributed by atoms with E-state index in [1.165, 1.54) is 5.56 Å². The molecule has 1 aromatic rings. The summed E-state index contributed by atoms with van der Waals surface area (Å²) in [6.07, 6.45) is 5.48. The van der Waals surface area contributed by atoms with E-state index in [2.05, 4.69) is 12.1 Å². The number of thioether (sulfide) groups is 2. The van der Waals surface area contributed by atoms with Crippen LogP contribution in [0.3, 0.4) is 0 Å². The Hall–Kier alpha value is -0.410. The molecule has 15 heavy (non-hydrogen) atoms. The van der Waals surface area contributed by atoms with Gasteiger partial charge in [-0.15, -0.1) is 23.5 Å². The number of Topliss-reactive ketones (excluding diaryl/α,β-unsaturated/α-hetero) is 1. The molecule has 0 saturated carbocycles. The van der Waals surface area contributed by atoms with Gasteiger partial charge in [0.15, 0.2) is 5.78 Å². The van der Waals surface area contributed by atoms with Crippen molar-refractivity contribution in [1.82, 2.24) is 0 Å². The van der Waals surface area contributed by atoms with Gasteiger partial charge in [-0.1, -0.05) is 30.3 Å². The van der Waals surface area contributed by atoms with Crippen LogP contribution in [0, 0.1) is 0 Å². The Morgan fingerprint density at radius 1 is 1.20 bits per heavy atom. The van der Waals surface area contributed by atoms with Gasteiger partial charge in [-0.25, -0.2) is 0 Å². The van der Waals surface area contributed by atoms with Gasteiger partial charge in [0.25, 0.3) is 0 Å². The predicted molar refractivity (Wildman–Crippen MR) is 70.6 cm³/mol. The molecule has 0 bridgehead atoms. The second kappa shape index (κ2) is 6.96. The summed E-state index contributed by atoms with van der Waals surface area (Å²) < 4.78 is 0.105. The summed E-state index contributed by atoms with van der Waals surface area (Å²) >= 11 is 3.25. The van der Waals surface area contributed by atoms with Gasteiger partial charge in [0, 0.05) is 6.42 Å². The minimum Gasteiger partial charge on any atom is -0.297 e. The first-order chi connectivity index (χ1) is 7.27. The third kappa shape index (κ3) is 4.31. The molecule has 0 aromatic heterocycles. The van der Waals surface area contributed by atoms with Crippen molar-refractivity contribution >= 4 is 29.3 Å². The lowest BCUT2D eigenvalue weighted by molar-refractivity contribution is -0.117. The summed E-state index contributed by atoms with van der Waals surface area (Å²) in [6, 6.07) is 10.2. The van der Waals surface area contributed by atoms with Gasteiger partial charge in [-0.05, 0) is 24.5 Å². The fraction of sp³-hybridized carbons (Fsp3) is 0.417. The third-order valence-electron chi connectivity index (χ3n) is 2.19. The zero-order valence-electron chi connectivity index (χ0n) is 9.10. The molecule has 0 radical (unpaired) electrons. The van der Waals surface area contributed by atoms with Crippen LogP contribution in [0.5, 0.6) is 0 Å². The van der Waals surface area contributed by atoms with E-state index in [4.69, 9.17) is 0 Å². The summed E-state index contributed by atoms with van der Waals surface area (Å²) in [4.78, 5) is 11.7. The maximum absolute atomic E-state index is 11.7. The lowest BCUT2D eigenvalue weighted by atomic mass is 10.1. The molecule has 3 heteroatoms. The van der Waals surface area contributed by atoms with Crippen LogP contribution in [0.15, 0.2) is 30.3 Å². The van der Waals surface area contributed by atoms with E-state index >= 15 is 0 Å². The Morgan fingerprint density at radius 3 is 2.33 bits per heavy atom. The van der Waals surface area contributed by atoms with Crippen molar-refractivity contribution < 1.29 is 4.79 Å². The van der Waals surface area contributed by atoms with Crippen molar-refractivity contribution in [3.05, 3.63) is 35.9 Å². The first kappa shape index (κ1) is 12.7. The Kier molecular flexibility index (Phi) is 5.88. The average Bonchev–Trinajstić information content (AvgIpc) is 2.29. The van der Waals surface area contributed by atoms with Gasteiger partial charge in [0.05, 0.1) is 0 Å². The van der Waals surface area contributed by atoms with E-state index in [1.807, 2.05) is 30.7 Å². The molecule has 0 heterocycles. The minimum atomic E-state index is 0.105. The van der Waals surface area contributed by atoms with E-state index in [-0.39, 0.29) is 4.58 Å². The van der Waals surface area contributed by atoms with E-state index in [9.17, 15) is 4.79 Å². The summed E-state index contributed by atoms with van der Waals surface area (Å²) in [5.74, 6) is 0.346. The molecule has 0 N–H and O–H groups in total. The van der Waals surface area contributed by atoms with Gasteiger partial charge in [-0.2, -0.15) is 0 Å². The summed E-state index contributed by atoms with van der Waals surface area (Å²) in [7, 11) is 0. The van der Waals surface area contributed by atoms with Crippen molar-refractivity contribution in [3.8, 4) is 0 Å². The smallest absolute Gasteiger partial charge is 0.156 e. The van der Waals surface area contributed by atoms with Crippen molar-refractivity contribution in [2.45, 2.75) is 17.4 Å². The van der Waals surface area contributed by atoms with Crippen molar-refractivity contribution in [2.24, 2.45) is 0 Å². The molecule has 0 saturated heterocycles. The average molecular weight is 240 g/mol. The quantitative estimate of drug-likeness (QED) is 0.711. The number of benzene rings is 1. The van der Waals surface area contributed by atoms with Crippen LogP contribution in [0.25, 0.3) is 0 Å². The van der Waals surface area contributed by atoms with Gasteiger partial charge in [0.1, 0.15) is 4.58 Å². The van der Waals surface area contributed by atoms with E-state index < -0.39 is 0 Å². The number of hydrogen-bond acceptors (Lipinski definition) is 3. The molecule has 0 aliphatic carbocycles. The van der Waals surface area contributed by atoms with Crippen LogP contribution in [0.4, 0.5) is 0 Å². The number of rotatable bonds is 6. The number of hydrogen-bond donors (Lipinski definition) is 0. The largest absolute Gasteiger partial charge is 0.297 e. The van der Waals surface area contributed by atoms with Crippen molar-refractivity contribution in [2.75, 3.05) is 12.5 Å². The highest BCUT2D eigenvalue weighted by molar-refractivity contribution is 8.17. The Balaban J connectivity index is 2.40. The highest BCUT2D eigenvalue weighted by Crippen LogP contribution is 2.21. The highest BCUT2D eigenvalue weighted by Gasteiger charge is 2.14. The molecule has 1 nitrogen and oxygen atoms in total. The van der Waals surface area contributed by atoms with Gasteiger partial charge in [0.2, 0.25) is 0 Å². The van der Waals surface area contributed by atoms with Crippen LogP contribution in [0.1, 0.15) is 12.0 Å². The number of aryl methyl sites for hydroxylation is 1. The lowest BCUT2D eigenvalue weighted by Gasteiger charge is -2.09.